The van der Waals surface area contributed by atoms with Crippen LogP contribution in [0, 0.1) is 11.8 Å². The Bertz CT molecular complexity index is 391. The molecular formula is C20H39IN4. The summed E-state index contributed by atoms with van der Waals surface area (Å²) < 4.78 is 0. The third kappa shape index (κ3) is 7.61. The zero-order chi connectivity index (χ0) is 16.6. The molecule has 5 heteroatoms. The number of hydrogen-bond donors (Lipinski definition) is 2. The van der Waals surface area contributed by atoms with Crippen molar-refractivity contribution in [3.63, 3.8) is 0 Å². The molecule has 0 aromatic carbocycles. The van der Waals surface area contributed by atoms with Crippen LogP contribution in [-0.4, -0.2) is 49.6 Å². The van der Waals surface area contributed by atoms with E-state index in [1.807, 2.05) is 0 Å². The first kappa shape index (κ1) is 21.3. The summed E-state index contributed by atoms with van der Waals surface area (Å²) in [5, 5.41) is 6.97. The molecule has 1 heterocycles. The van der Waals surface area contributed by atoms with E-state index in [2.05, 4.69) is 22.5 Å². The van der Waals surface area contributed by atoms with Crippen LogP contribution in [0.3, 0.4) is 0 Å². The van der Waals surface area contributed by atoms with Crippen molar-refractivity contribution in [1.29, 1.82) is 0 Å². The minimum Gasteiger partial charge on any atom is -0.357 e. The van der Waals surface area contributed by atoms with E-state index in [4.69, 9.17) is 4.99 Å². The van der Waals surface area contributed by atoms with Gasteiger partial charge in [0.2, 0.25) is 0 Å². The zero-order valence-electron chi connectivity index (χ0n) is 16.1. The van der Waals surface area contributed by atoms with Gasteiger partial charge in [-0.1, -0.05) is 32.1 Å². The molecule has 1 unspecified atom stereocenters. The highest BCUT2D eigenvalue weighted by Gasteiger charge is 2.34. The van der Waals surface area contributed by atoms with Crippen LogP contribution in [0.25, 0.3) is 0 Å². The van der Waals surface area contributed by atoms with E-state index in [0.717, 1.165) is 43.5 Å². The number of nitrogens with zero attached hydrogens (tertiary/aromatic N) is 2. The third-order valence-electron chi connectivity index (χ3n) is 6.04. The van der Waals surface area contributed by atoms with Gasteiger partial charge in [0, 0.05) is 32.2 Å². The lowest BCUT2D eigenvalue weighted by atomic mass is 9.86. The molecule has 1 aliphatic heterocycles. The van der Waals surface area contributed by atoms with Crippen LogP contribution in [0.15, 0.2) is 4.99 Å². The maximum absolute atomic E-state index is 4.86. The second kappa shape index (κ2) is 11.6. The van der Waals surface area contributed by atoms with E-state index < -0.39 is 0 Å². The van der Waals surface area contributed by atoms with Crippen LogP contribution < -0.4 is 10.6 Å². The van der Waals surface area contributed by atoms with E-state index in [1.54, 1.807) is 0 Å². The van der Waals surface area contributed by atoms with Gasteiger partial charge in [0.1, 0.15) is 0 Å². The Morgan fingerprint density at radius 1 is 1.00 bits per heavy atom. The fourth-order valence-electron chi connectivity index (χ4n) is 4.42. The summed E-state index contributed by atoms with van der Waals surface area (Å²) in [6, 6.07) is 0.921. The van der Waals surface area contributed by atoms with Gasteiger partial charge in [0.05, 0.1) is 0 Å². The first-order valence-electron chi connectivity index (χ1n) is 10.6. The minimum atomic E-state index is 0. The van der Waals surface area contributed by atoms with Crippen LogP contribution >= 0.6 is 24.0 Å². The van der Waals surface area contributed by atoms with Gasteiger partial charge in [-0.2, -0.15) is 0 Å². The van der Waals surface area contributed by atoms with Gasteiger partial charge in [0.15, 0.2) is 5.96 Å². The van der Waals surface area contributed by atoms with Crippen LogP contribution in [0.1, 0.15) is 71.1 Å². The maximum atomic E-state index is 4.86. The summed E-state index contributed by atoms with van der Waals surface area (Å²) >= 11 is 0. The van der Waals surface area contributed by atoms with Gasteiger partial charge in [-0.3, -0.25) is 4.99 Å². The number of guanidine groups is 1. The monoisotopic (exact) mass is 462 g/mol. The largest absolute Gasteiger partial charge is 0.357 e. The molecule has 146 valence electrons. The summed E-state index contributed by atoms with van der Waals surface area (Å²) in [6.45, 7) is 7.74. The van der Waals surface area contributed by atoms with Crippen molar-refractivity contribution < 1.29 is 0 Å². The van der Waals surface area contributed by atoms with E-state index in [1.165, 1.54) is 77.3 Å². The maximum Gasteiger partial charge on any atom is 0.191 e. The number of rotatable bonds is 8. The van der Waals surface area contributed by atoms with Crippen molar-refractivity contribution in [3.05, 3.63) is 0 Å². The molecule has 1 saturated heterocycles. The Labute approximate surface area is 172 Å². The third-order valence-corrected chi connectivity index (χ3v) is 6.04. The van der Waals surface area contributed by atoms with Gasteiger partial charge in [-0.05, 0) is 57.4 Å². The molecule has 3 fully saturated rings. The first-order valence-corrected chi connectivity index (χ1v) is 10.6. The van der Waals surface area contributed by atoms with Gasteiger partial charge in [-0.25, -0.2) is 0 Å². The van der Waals surface area contributed by atoms with Crippen molar-refractivity contribution in [2.24, 2.45) is 16.8 Å². The molecule has 2 aliphatic carbocycles. The average Bonchev–Trinajstić information content (AvgIpc) is 3.36. The van der Waals surface area contributed by atoms with Gasteiger partial charge >= 0.3 is 0 Å². The fraction of sp³-hybridized carbons (Fsp3) is 0.950. The van der Waals surface area contributed by atoms with Crippen LogP contribution in [-0.2, 0) is 0 Å². The summed E-state index contributed by atoms with van der Waals surface area (Å²) in [5.74, 6) is 2.79. The summed E-state index contributed by atoms with van der Waals surface area (Å²) in [4.78, 5) is 7.55. The van der Waals surface area contributed by atoms with Gasteiger partial charge < -0.3 is 15.5 Å². The molecule has 4 nitrogen and oxygen atoms in total. The van der Waals surface area contributed by atoms with Crippen molar-refractivity contribution in [1.82, 2.24) is 15.5 Å². The standard InChI is InChI=1S/C20H38N4.HI/c1-2-21-20(22-13-6-9-17-7-4-3-5-8-17)23-15-18-12-14-24(16-18)19-10-11-19;/h17-19H,2-16H2,1H3,(H2,21,22,23);1H. The second-order valence-corrected chi connectivity index (χ2v) is 8.17. The molecule has 25 heavy (non-hydrogen) atoms. The molecule has 1 atom stereocenters. The highest BCUT2D eigenvalue weighted by Crippen LogP contribution is 2.31. The van der Waals surface area contributed by atoms with E-state index in [-0.39, 0.29) is 24.0 Å². The molecule has 0 aromatic heterocycles. The molecule has 3 rings (SSSR count). The number of hydrogen-bond acceptors (Lipinski definition) is 2. The smallest absolute Gasteiger partial charge is 0.191 e. The average molecular weight is 462 g/mol. The predicted molar refractivity (Wildman–Crippen MR) is 118 cm³/mol. The highest BCUT2D eigenvalue weighted by atomic mass is 127. The highest BCUT2D eigenvalue weighted by molar-refractivity contribution is 14.0. The zero-order valence-corrected chi connectivity index (χ0v) is 18.5. The van der Waals surface area contributed by atoms with E-state index >= 15 is 0 Å². The lowest BCUT2D eigenvalue weighted by Crippen LogP contribution is -2.38. The first-order chi connectivity index (χ1) is 11.8. The van der Waals surface area contributed by atoms with Gasteiger partial charge in [-0.15, -0.1) is 24.0 Å². The van der Waals surface area contributed by atoms with Crippen molar-refractivity contribution in [2.75, 3.05) is 32.7 Å². The number of halogens is 1. The molecule has 0 spiro atoms. The van der Waals surface area contributed by atoms with Crippen LogP contribution in [0.2, 0.25) is 0 Å². The molecule has 2 N–H and O–H groups in total. The molecule has 0 amide bonds. The SMILES string of the molecule is CCNC(=NCC1CCN(C2CC2)C1)NCCCC1CCCCC1.I. The molecule has 0 bridgehead atoms. The molecular weight excluding hydrogens is 423 g/mol. The van der Waals surface area contributed by atoms with E-state index in [9.17, 15) is 0 Å². The predicted octanol–water partition coefficient (Wildman–Crippen LogP) is 4.00. The minimum absolute atomic E-state index is 0. The Morgan fingerprint density at radius 2 is 1.80 bits per heavy atom. The number of aliphatic imine (C=N–C) groups is 1. The van der Waals surface area contributed by atoms with Crippen LogP contribution in [0.5, 0.6) is 0 Å². The van der Waals surface area contributed by atoms with E-state index in [0.29, 0.717) is 0 Å². The summed E-state index contributed by atoms with van der Waals surface area (Å²) in [7, 11) is 0. The Balaban J connectivity index is 0.00000225. The van der Waals surface area contributed by atoms with Crippen LogP contribution in [0.4, 0.5) is 0 Å². The lowest BCUT2D eigenvalue weighted by molar-refractivity contribution is 0.315. The Kier molecular flexibility index (Phi) is 9.89. The normalized spacial score (nSPS) is 25.6. The fourth-order valence-corrected chi connectivity index (χ4v) is 4.42. The summed E-state index contributed by atoms with van der Waals surface area (Å²) in [5.41, 5.74) is 0. The quantitative estimate of drug-likeness (QED) is 0.248. The van der Waals surface area contributed by atoms with Crippen molar-refractivity contribution >= 4 is 29.9 Å². The number of likely N-dealkylation sites (tertiary alicyclic amines) is 1. The molecule has 2 saturated carbocycles. The Hall–Kier alpha value is -0.0400. The topological polar surface area (TPSA) is 39.7 Å². The molecule has 0 aromatic rings. The van der Waals surface area contributed by atoms with Gasteiger partial charge in [0.25, 0.3) is 0 Å². The van der Waals surface area contributed by atoms with Crippen molar-refractivity contribution in [2.45, 2.75) is 77.2 Å². The molecule has 3 aliphatic rings. The molecule has 0 radical (unpaired) electrons. The second-order valence-electron chi connectivity index (χ2n) is 8.17. The summed E-state index contributed by atoms with van der Waals surface area (Å²) in [6.07, 6.45) is 14.2. The number of nitrogens with one attached hydrogen (secondary N) is 2. The Morgan fingerprint density at radius 3 is 2.52 bits per heavy atom. The lowest BCUT2D eigenvalue weighted by Gasteiger charge is -2.21. The van der Waals surface area contributed by atoms with Crippen molar-refractivity contribution in [3.8, 4) is 0 Å².